The summed E-state index contributed by atoms with van der Waals surface area (Å²) < 4.78 is 29.7. The number of nitrogens with zero attached hydrogens (tertiary/aromatic N) is 3. The summed E-state index contributed by atoms with van der Waals surface area (Å²) in [5.41, 5.74) is 8.78. The molecule has 9 heteroatoms. The van der Waals surface area contributed by atoms with Crippen molar-refractivity contribution in [3.63, 3.8) is 0 Å². The Balaban J connectivity index is 1.60. The van der Waals surface area contributed by atoms with E-state index >= 15 is 0 Å². The summed E-state index contributed by atoms with van der Waals surface area (Å²) in [6.45, 7) is 12.3. The molecule has 0 aromatic rings. The van der Waals surface area contributed by atoms with Gasteiger partial charge in [-0.15, -0.1) is 0 Å². The Morgan fingerprint density at radius 1 is 1.14 bits per heavy atom. The lowest BCUT2D eigenvalue weighted by Gasteiger charge is -2.49. The largest absolute Gasteiger partial charge is 0.390 e. The van der Waals surface area contributed by atoms with E-state index in [0.717, 1.165) is 0 Å². The lowest BCUT2D eigenvalue weighted by Crippen LogP contribution is -2.62. The van der Waals surface area contributed by atoms with Crippen molar-refractivity contribution >= 4 is 0 Å². The van der Waals surface area contributed by atoms with E-state index in [1.807, 2.05) is 27.7 Å². The summed E-state index contributed by atoms with van der Waals surface area (Å²) in [6, 6.07) is -0.191. The molecule has 0 radical (unpaired) electrons. The molecule has 0 saturated carbocycles. The fourth-order valence-electron chi connectivity index (χ4n) is 4.37. The summed E-state index contributed by atoms with van der Waals surface area (Å²) in [7, 11) is 0. The Bertz CT molecular complexity index is 596. The minimum atomic E-state index is -0.737. The number of ether oxygens (including phenoxy) is 5. The molecule has 3 aliphatic rings. The van der Waals surface area contributed by atoms with Crippen LogP contribution in [-0.4, -0.2) is 67.0 Å². The quantitative estimate of drug-likeness (QED) is 0.441. The Labute approximate surface area is 166 Å². The molecular formula is C19H33N3O6. The summed E-state index contributed by atoms with van der Waals surface area (Å²) in [6.07, 6.45) is -2.41. The van der Waals surface area contributed by atoms with Crippen molar-refractivity contribution in [3.8, 4) is 0 Å². The first-order valence-electron chi connectivity index (χ1n) is 10.1. The third-order valence-corrected chi connectivity index (χ3v) is 6.43. The molecule has 3 fully saturated rings. The van der Waals surface area contributed by atoms with E-state index in [2.05, 4.69) is 23.9 Å². The number of azide groups is 1. The summed E-state index contributed by atoms with van der Waals surface area (Å²) in [4.78, 5) is 2.95. The molecule has 0 bridgehead atoms. The van der Waals surface area contributed by atoms with Crippen LogP contribution >= 0.6 is 0 Å². The molecule has 0 aromatic carbocycles. The van der Waals surface area contributed by atoms with Crippen molar-refractivity contribution in [2.75, 3.05) is 13.2 Å². The van der Waals surface area contributed by atoms with Gasteiger partial charge in [-0.3, -0.25) is 0 Å². The zero-order valence-corrected chi connectivity index (χ0v) is 17.5. The molecule has 3 rings (SSSR count). The van der Waals surface area contributed by atoms with E-state index in [4.69, 9.17) is 29.2 Å². The Kier molecular flexibility index (Phi) is 6.56. The van der Waals surface area contributed by atoms with Gasteiger partial charge in [0.05, 0.1) is 37.6 Å². The van der Waals surface area contributed by atoms with Crippen LogP contribution in [0.4, 0.5) is 0 Å². The first kappa shape index (κ1) is 21.8. The van der Waals surface area contributed by atoms with Crippen molar-refractivity contribution < 1.29 is 28.8 Å². The fourth-order valence-corrected chi connectivity index (χ4v) is 4.37. The van der Waals surface area contributed by atoms with Gasteiger partial charge in [-0.05, 0) is 38.1 Å². The topological polar surface area (TPSA) is 115 Å². The van der Waals surface area contributed by atoms with Crippen LogP contribution in [0.1, 0.15) is 41.5 Å². The van der Waals surface area contributed by atoms with Gasteiger partial charge >= 0.3 is 0 Å². The van der Waals surface area contributed by atoms with Gasteiger partial charge in [-0.1, -0.05) is 25.9 Å². The molecular weight excluding hydrogens is 366 g/mol. The normalized spacial score (nSPS) is 48.4. The van der Waals surface area contributed by atoms with Crippen molar-refractivity contribution in [1.29, 1.82) is 0 Å². The van der Waals surface area contributed by atoms with Gasteiger partial charge in [0.2, 0.25) is 0 Å². The molecule has 3 heterocycles. The highest BCUT2D eigenvalue weighted by Crippen LogP contribution is 2.37. The Morgan fingerprint density at radius 3 is 2.54 bits per heavy atom. The molecule has 3 saturated heterocycles. The third-order valence-electron chi connectivity index (χ3n) is 6.43. The maximum atomic E-state index is 10.7. The first-order valence-corrected chi connectivity index (χ1v) is 10.1. The second-order valence-corrected chi connectivity index (χ2v) is 8.81. The van der Waals surface area contributed by atoms with Crippen molar-refractivity contribution in [2.45, 2.75) is 90.2 Å². The first-order chi connectivity index (χ1) is 13.1. The maximum absolute atomic E-state index is 10.7. The van der Waals surface area contributed by atoms with Crippen LogP contribution in [-0.2, 0) is 23.7 Å². The van der Waals surface area contributed by atoms with Crippen LogP contribution in [0.5, 0.6) is 0 Å². The predicted molar refractivity (Wildman–Crippen MR) is 100 cm³/mol. The van der Waals surface area contributed by atoms with Gasteiger partial charge in [0.15, 0.2) is 12.1 Å². The molecule has 0 aliphatic carbocycles. The average Bonchev–Trinajstić information content (AvgIpc) is 2.64. The lowest BCUT2D eigenvalue weighted by molar-refractivity contribution is -0.377. The molecule has 10 atom stereocenters. The lowest BCUT2D eigenvalue weighted by atomic mass is 9.80. The minimum absolute atomic E-state index is 0.140. The van der Waals surface area contributed by atoms with E-state index < -0.39 is 24.3 Å². The fraction of sp³-hybridized carbons (Fsp3) is 1.00. The Morgan fingerprint density at radius 2 is 1.86 bits per heavy atom. The minimum Gasteiger partial charge on any atom is -0.390 e. The second-order valence-electron chi connectivity index (χ2n) is 8.81. The van der Waals surface area contributed by atoms with E-state index in [0.29, 0.717) is 13.2 Å². The maximum Gasteiger partial charge on any atom is 0.163 e. The van der Waals surface area contributed by atoms with Crippen LogP contribution < -0.4 is 0 Å². The van der Waals surface area contributed by atoms with Crippen LogP contribution in [0.15, 0.2) is 5.11 Å². The highest BCUT2D eigenvalue weighted by molar-refractivity contribution is 4.93. The molecule has 4 unspecified atom stereocenters. The summed E-state index contributed by atoms with van der Waals surface area (Å²) >= 11 is 0. The highest BCUT2D eigenvalue weighted by Gasteiger charge is 2.50. The molecule has 160 valence electrons. The van der Waals surface area contributed by atoms with E-state index in [1.165, 1.54) is 0 Å². The molecule has 0 amide bonds. The summed E-state index contributed by atoms with van der Waals surface area (Å²) in [5.74, 6) is -0.653. The average molecular weight is 399 g/mol. The van der Waals surface area contributed by atoms with Crippen LogP contribution in [0, 0.1) is 17.8 Å². The number of aliphatic hydroxyl groups excluding tert-OH is 1. The molecule has 0 spiro atoms. The number of fused-ring (bicyclic) bond motifs is 1. The van der Waals surface area contributed by atoms with Gasteiger partial charge in [-0.2, -0.15) is 0 Å². The monoisotopic (exact) mass is 399 g/mol. The van der Waals surface area contributed by atoms with Crippen LogP contribution in [0.25, 0.3) is 10.4 Å². The number of hydrogen-bond donors (Lipinski definition) is 1. The van der Waals surface area contributed by atoms with Crippen molar-refractivity contribution in [3.05, 3.63) is 10.4 Å². The van der Waals surface area contributed by atoms with Gasteiger partial charge in [-0.25, -0.2) is 0 Å². The molecule has 3 aliphatic heterocycles. The van der Waals surface area contributed by atoms with Gasteiger partial charge < -0.3 is 28.8 Å². The Hall–Kier alpha value is -0.930. The van der Waals surface area contributed by atoms with Gasteiger partial charge in [0.1, 0.15) is 12.2 Å². The predicted octanol–water partition coefficient (Wildman–Crippen LogP) is 2.61. The van der Waals surface area contributed by atoms with Crippen LogP contribution in [0.3, 0.4) is 0 Å². The van der Waals surface area contributed by atoms with Crippen LogP contribution in [0.2, 0.25) is 0 Å². The molecule has 1 N–H and O–H groups in total. The SMILES string of the molecule is CC1[C@H](OCC2O[C@@H](C)C(N=[N+]=[N-])[C@@H](C)[C@@H]2C)OC2COC(C)(C)O[C@H]2[C@@H]1O. The van der Waals surface area contributed by atoms with E-state index in [-0.39, 0.29) is 42.1 Å². The number of aliphatic hydroxyl groups is 1. The van der Waals surface area contributed by atoms with E-state index in [1.54, 1.807) is 0 Å². The zero-order chi connectivity index (χ0) is 20.6. The van der Waals surface area contributed by atoms with E-state index in [9.17, 15) is 5.11 Å². The van der Waals surface area contributed by atoms with Crippen molar-refractivity contribution in [2.24, 2.45) is 22.9 Å². The highest BCUT2D eigenvalue weighted by atomic mass is 16.8. The molecule has 0 aromatic heterocycles. The molecule has 28 heavy (non-hydrogen) atoms. The zero-order valence-electron chi connectivity index (χ0n) is 17.5. The number of hydrogen-bond acceptors (Lipinski definition) is 7. The van der Waals surface area contributed by atoms with Gasteiger partial charge in [0, 0.05) is 10.8 Å². The third kappa shape index (κ3) is 4.31. The second kappa shape index (κ2) is 8.44. The van der Waals surface area contributed by atoms with Crippen molar-refractivity contribution in [1.82, 2.24) is 0 Å². The van der Waals surface area contributed by atoms with Gasteiger partial charge in [0.25, 0.3) is 0 Å². The smallest absolute Gasteiger partial charge is 0.163 e. The summed E-state index contributed by atoms with van der Waals surface area (Å²) in [5, 5.41) is 14.6. The standard InChI is InChI=1S/C19H33N3O6/c1-9-10(2)15(21-22-20)12(4)26-13(9)7-24-18-11(3)16(23)17-14(27-18)8-25-19(5,6)28-17/h9-18,23H,7-8H2,1-6H3/t9-,10-,11?,12-,13?,14?,15?,16+,17+,18+/m0/s1. The molecule has 9 nitrogen and oxygen atoms in total. The number of rotatable bonds is 4.